The third kappa shape index (κ3) is 8.06. The maximum absolute atomic E-state index is 14.7. The quantitative estimate of drug-likeness (QED) is 0.0755. The second-order valence-corrected chi connectivity index (χ2v) is 18.7. The fraction of sp³-hybridized carbons (Fsp3) is 0.389. The molecule has 0 radical (unpaired) electrons. The molecule has 3 aliphatic heterocycles. The van der Waals surface area contributed by atoms with E-state index in [2.05, 4.69) is 92.4 Å². The Balaban J connectivity index is 1.16. The summed E-state index contributed by atoms with van der Waals surface area (Å²) in [4.78, 5) is 43.1. The molecule has 312 valence electrons. The number of carbonyl (C=O) groups is 2. The zero-order valence-corrected chi connectivity index (χ0v) is 36.0. The van der Waals surface area contributed by atoms with E-state index in [1.807, 2.05) is 39.0 Å². The Morgan fingerprint density at radius 2 is 1.59 bits per heavy atom. The summed E-state index contributed by atoms with van der Waals surface area (Å²) in [6.07, 6.45) is 4.34. The first-order valence-electron chi connectivity index (χ1n) is 21.9. The summed E-state index contributed by atoms with van der Waals surface area (Å²) in [6, 6.07) is 29.6. The molecule has 4 atom stereocenters. The molecule has 5 aromatic rings. The molecule has 1 aromatic heterocycles. The van der Waals surface area contributed by atoms with E-state index in [1.54, 1.807) is 0 Å². The topological polar surface area (TPSA) is 92.0 Å². The van der Waals surface area contributed by atoms with Gasteiger partial charge in [-0.15, -0.1) is 0 Å². The number of rotatable bonds is 5. The Bertz CT molecular complexity index is 2700. The van der Waals surface area contributed by atoms with Gasteiger partial charge in [0, 0.05) is 29.4 Å². The molecule has 0 fully saturated rings. The predicted molar refractivity (Wildman–Crippen MR) is 237 cm³/mol. The van der Waals surface area contributed by atoms with Crippen LogP contribution in [0.25, 0.3) is 11.0 Å². The highest BCUT2D eigenvalue weighted by Crippen LogP contribution is 2.50. The molecule has 4 aromatic carbocycles. The third-order valence-electron chi connectivity index (χ3n) is 13.5. The lowest BCUT2D eigenvalue weighted by molar-refractivity contribution is -0.190. The largest absolute Gasteiger partial charge is 0.482 e. The van der Waals surface area contributed by atoms with Gasteiger partial charge in [0.05, 0.1) is 12.0 Å². The van der Waals surface area contributed by atoms with E-state index in [9.17, 15) is 14.4 Å². The van der Waals surface area contributed by atoms with Crippen molar-refractivity contribution in [3.05, 3.63) is 157 Å². The Kier molecular flexibility index (Phi) is 10.8. The van der Waals surface area contributed by atoms with Crippen molar-refractivity contribution in [3.63, 3.8) is 0 Å². The summed E-state index contributed by atoms with van der Waals surface area (Å²) in [6.45, 7) is 9.85. The van der Waals surface area contributed by atoms with Crippen LogP contribution >= 0.6 is 0 Å². The molecule has 0 amide bonds. The zero-order chi connectivity index (χ0) is 42.5. The average molecular weight is 815 g/mol. The van der Waals surface area contributed by atoms with Crippen molar-refractivity contribution in [1.29, 1.82) is 0 Å². The molecular formula is C54H54O7. The van der Waals surface area contributed by atoms with Crippen molar-refractivity contribution < 1.29 is 28.2 Å². The highest BCUT2D eigenvalue weighted by atomic mass is 16.6. The van der Waals surface area contributed by atoms with Crippen molar-refractivity contribution in [3.8, 4) is 17.6 Å². The van der Waals surface area contributed by atoms with Crippen LogP contribution in [0, 0.1) is 17.8 Å². The van der Waals surface area contributed by atoms with Crippen LogP contribution in [0.1, 0.15) is 123 Å². The summed E-state index contributed by atoms with van der Waals surface area (Å²) in [5.41, 5.74) is 8.93. The maximum atomic E-state index is 14.7. The molecule has 7 nitrogen and oxygen atoms in total. The molecule has 4 heterocycles. The van der Waals surface area contributed by atoms with Crippen LogP contribution < -0.4 is 10.4 Å². The fourth-order valence-electron chi connectivity index (χ4n) is 10.1. The van der Waals surface area contributed by atoms with Gasteiger partial charge in [0.2, 0.25) is 0 Å². The van der Waals surface area contributed by atoms with E-state index in [0.29, 0.717) is 60.1 Å². The first-order valence-corrected chi connectivity index (χ1v) is 21.9. The van der Waals surface area contributed by atoms with Gasteiger partial charge in [-0.05, 0) is 135 Å². The first kappa shape index (κ1) is 40.5. The second kappa shape index (κ2) is 16.2. The molecule has 9 rings (SSSR count). The molecule has 0 N–H and O–H groups in total. The van der Waals surface area contributed by atoms with Gasteiger partial charge < -0.3 is 18.6 Å². The predicted octanol–water partition coefficient (Wildman–Crippen LogP) is 10.4. The molecule has 7 heteroatoms. The maximum Gasteiger partial charge on any atom is 0.340 e. The number of hydrogen-bond donors (Lipinski definition) is 0. The SMILES string of the molecule is CC(C)=C1CCc2ccc3c(c2)CC#CC[C@@]2(C)Oc4ccc5c6c(c(=O)oc5c4[C@@H](OC(=O)C[C@@H](CCc4cccc(Cc5ccccc5)c4)C3)[C@@H]2OC1=O)C(C)(C)CC6. The van der Waals surface area contributed by atoms with Crippen LogP contribution in [0.5, 0.6) is 5.75 Å². The Hall–Kier alpha value is -5.87. The number of benzene rings is 4. The van der Waals surface area contributed by atoms with E-state index < -0.39 is 35.4 Å². The number of fused-ring (bicyclic) bond motifs is 9. The normalized spacial score (nSPS) is 23.0. The molecule has 5 bridgehead atoms. The van der Waals surface area contributed by atoms with Crippen molar-refractivity contribution in [1.82, 2.24) is 0 Å². The van der Waals surface area contributed by atoms with Gasteiger partial charge >= 0.3 is 17.6 Å². The molecule has 0 saturated heterocycles. The van der Waals surface area contributed by atoms with Gasteiger partial charge in [-0.3, -0.25) is 4.79 Å². The third-order valence-corrected chi connectivity index (χ3v) is 13.5. The highest BCUT2D eigenvalue weighted by Gasteiger charge is 2.53. The number of aryl methyl sites for hydroxylation is 3. The van der Waals surface area contributed by atoms with E-state index in [4.69, 9.17) is 18.6 Å². The van der Waals surface area contributed by atoms with Gasteiger partial charge in [0.15, 0.2) is 17.8 Å². The van der Waals surface area contributed by atoms with E-state index >= 15 is 0 Å². The lowest BCUT2D eigenvalue weighted by Crippen LogP contribution is -2.54. The first-order chi connectivity index (χ1) is 29.3. The molecule has 61 heavy (non-hydrogen) atoms. The van der Waals surface area contributed by atoms with Crippen LogP contribution in [0.4, 0.5) is 0 Å². The van der Waals surface area contributed by atoms with E-state index in [0.717, 1.165) is 58.9 Å². The number of esters is 2. The van der Waals surface area contributed by atoms with Crippen molar-refractivity contribution in [2.24, 2.45) is 5.92 Å². The fourth-order valence-corrected chi connectivity index (χ4v) is 10.1. The summed E-state index contributed by atoms with van der Waals surface area (Å²) >= 11 is 0. The van der Waals surface area contributed by atoms with Gasteiger partial charge in [-0.2, -0.15) is 0 Å². The van der Waals surface area contributed by atoms with Gasteiger partial charge in [-0.1, -0.05) is 104 Å². The number of ether oxygens (including phenoxy) is 3. The standard InChI is InChI=1S/C54H54O7/c1-33(2)41-22-20-36-19-21-40-31-38(18-17-35-14-11-15-37(29-35)28-34-12-7-6-8-13-34)32-45(55)58-49-46-44(24-23-43-42-25-27-53(3,4)47(42)52(57)59-48(43)46)61-54(5,50(49)60-51(41)56)26-10-9-16-39(40)30-36/h6-8,11-15,19,21,23-24,29-30,38,49-50H,16-18,20,22,25-28,31-32H2,1-5H3/t38-,49+,50-,54+/m0/s1. The molecular weight excluding hydrogens is 761 g/mol. The smallest absolute Gasteiger partial charge is 0.340 e. The lowest BCUT2D eigenvalue weighted by Gasteiger charge is -2.44. The number of allylic oxidation sites excluding steroid dienone is 1. The Morgan fingerprint density at radius 1 is 0.787 bits per heavy atom. The Labute approximate surface area is 358 Å². The van der Waals surface area contributed by atoms with Crippen molar-refractivity contribution in [2.75, 3.05) is 0 Å². The minimum Gasteiger partial charge on any atom is -0.482 e. The molecule has 1 aliphatic carbocycles. The van der Waals surface area contributed by atoms with E-state index in [1.165, 1.54) is 16.7 Å². The van der Waals surface area contributed by atoms with Crippen molar-refractivity contribution in [2.45, 2.75) is 128 Å². The van der Waals surface area contributed by atoms with E-state index in [-0.39, 0.29) is 24.2 Å². The molecule has 0 spiro atoms. The second-order valence-electron chi connectivity index (χ2n) is 18.7. The van der Waals surface area contributed by atoms with Crippen LogP contribution in [0.3, 0.4) is 0 Å². The molecule has 4 aliphatic rings. The lowest BCUT2D eigenvalue weighted by atomic mass is 9.82. The summed E-state index contributed by atoms with van der Waals surface area (Å²) in [7, 11) is 0. The van der Waals surface area contributed by atoms with Crippen LogP contribution in [0.2, 0.25) is 0 Å². The van der Waals surface area contributed by atoms with Gasteiger partial charge in [0.1, 0.15) is 11.3 Å². The summed E-state index contributed by atoms with van der Waals surface area (Å²) < 4.78 is 26.4. The highest BCUT2D eigenvalue weighted by molar-refractivity contribution is 5.90. The van der Waals surface area contributed by atoms with Gasteiger partial charge in [0.25, 0.3) is 0 Å². The monoisotopic (exact) mass is 814 g/mol. The summed E-state index contributed by atoms with van der Waals surface area (Å²) in [5, 5.41) is 0.779. The minimum absolute atomic E-state index is 0.0707. The Morgan fingerprint density at radius 3 is 2.41 bits per heavy atom. The average Bonchev–Trinajstić information content (AvgIpc) is 3.55. The van der Waals surface area contributed by atoms with Crippen LogP contribution in [-0.2, 0) is 63.0 Å². The number of hydrogen-bond acceptors (Lipinski definition) is 7. The number of carbonyl (C=O) groups excluding carboxylic acids is 2. The summed E-state index contributed by atoms with van der Waals surface area (Å²) in [5.74, 6) is 6.28. The molecule has 0 unspecified atom stereocenters. The molecule has 0 saturated carbocycles. The van der Waals surface area contributed by atoms with Gasteiger partial charge in [-0.25, -0.2) is 9.59 Å². The minimum atomic E-state index is -1.22. The van der Waals surface area contributed by atoms with Crippen molar-refractivity contribution >= 4 is 22.9 Å². The van der Waals surface area contributed by atoms with Crippen LogP contribution in [-0.4, -0.2) is 23.6 Å². The zero-order valence-electron chi connectivity index (χ0n) is 36.0. The van der Waals surface area contributed by atoms with Crippen LogP contribution in [0.15, 0.2) is 105 Å².